The summed E-state index contributed by atoms with van der Waals surface area (Å²) in [5.74, 6) is 0.261. The van der Waals surface area contributed by atoms with Gasteiger partial charge in [-0.2, -0.15) is 0 Å². The number of benzene rings is 8. The Morgan fingerprint density at radius 1 is 0.516 bits per heavy atom. The van der Waals surface area contributed by atoms with E-state index < -0.39 is 5.54 Å². The Hall–Kier alpha value is -7.16. The van der Waals surface area contributed by atoms with Gasteiger partial charge in [0.05, 0.1) is 5.54 Å². The van der Waals surface area contributed by atoms with Crippen LogP contribution < -0.4 is 4.90 Å². The SMILES string of the molecule is CC1C=CC2(C)C3=C1C(C)(c1ccc(-c4ccccc4)cc1)C=CC3(C)N(c1ccc(-c3ccc4c(oc5ccccc54)c3-c3ccc4ccccc4c3)cc1)c1ccccc12. The molecule has 8 aromatic carbocycles. The van der Waals surface area contributed by atoms with E-state index in [1.54, 1.807) is 0 Å². The maximum absolute atomic E-state index is 6.75. The van der Waals surface area contributed by atoms with E-state index >= 15 is 0 Å². The van der Waals surface area contributed by atoms with Crippen LogP contribution in [0.1, 0.15) is 38.8 Å². The maximum Gasteiger partial charge on any atom is 0.143 e. The fourth-order valence-electron chi connectivity index (χ4n) is 11.6. The first-order valence-electron chi connectivity index (χ1n) is 22.0. The summed E-state index contributed by atoms with van der Waals surface area (Å²) in [7, 11) is 0. The lowest BCUT2D eigenvalue weighted by atomic mass is 9.52. The van der Waals surface area contributed by atoms with E-state index in [0.717, 1.165) is 49.9 Å². The minimum absolute atomic E-state index is 0.261. The molecule has 0 bridgehead atoms. The van der Waals surface area contributed by atoms with Gasteiger partial charge in [0.2, 0.25) is 0 Å². The highest BCUT2D eigenvalue weighted by Crippen LogP contribution is 2.62. The van der Waals surface area contributed by atoms with E-state index in [-0.39, 0.29) is 16.7 Å². The molecule has 298 valence electrons. The minimum atomic E-state index is -0.425. The normalized spacial score (nSPS) is 22.6. The average Bonchev–Trinajstić information content (AvgIpc) is 3.70. The molecule has 0 saturated carbocycles. The van der Waals surface area contributed by atoms with Crippen molar-refractivity contribution in [2.75, 3.05) is 4.90 Å². The third kappa shape index (κ3) is 5.23. The molecule has 4 atom stereocenters. The molecule has 0 radical (unpaired) electrons. The number of anilines is 2. The number of allylic oxidation sites excluding steroid dienone is 4. The zero-order valence-corrected chi connectivity index (χ0v) is 35.6. The van der Waals surface area contributed by atoms with Crippen molar-refractivity contribution in [2.45, 2.75) is 44.1 Å². The van der Waals surface area contributed by atoms with Gasteiger partial charge < -0.3 is 9.32 Å². The highest BCUT2D eigenvalue weighted by Gasteiger charge is 2.56. The second-order valence-corrected chi connectivity index (χ2v) is 18.2. The molecule has 0 N–H and O–H groups in total. The van der Waals surface area contributed by atoms with Crippen molar-refractivity contribution in [1.29, 1.82) is 0 Å². The van der Waals surface area contributed by atoms with Gasteiger partial charge in [0, 0.05) is 38.5 Å². The Morgan fingerprint density at radius 3 is 2.02 bits per heavy atom. The molecule has 1 aliphatic heterocycles. The van der Waals surface area contributed by atoms with Crippen molar-refractivity contribution in [2.24, 2.45) is 5.92 Å². The van der Waals surface area contributed by atoms with Gasteiger partial charge in [-0.15, -0.1) is 0 Å². The van der Waals surface area contributed by atoms with Crippen molar-refractivity contribution in [1.82, 2.24) is 0 Å². The summed E-state index contributed by atoms with van der Waals surface area (Å²) in [5, 5.41) is 4.71. The van der Waals surface area contributed by atoms with Gasteiger partial charge in [-0.25, -0.2) is 0 Å². The standard InChI is InChI=1S/C60H47NO/c1-39-34-35-59(3)51-19-11-12-20-52(51)61(60(4)37-36-58(2,55(39)57(59)60)46-28-24-42(25-29-46)40-14-6-5-7-15-40)47-30-26-43(27-31-47)48-32-33-50-49-18-10-13-21-53(49)62-56(50)54(48)45-23-22-41-16-8-9-17-44(41)38-45/h5-39H,1-4H3. The lowest BCUT2D eigenvalue weighted by molar-refractivity contribution is 0.441. The smallest absolute Gasteiger partial charge is 0.143 e. The van der Waals surface area contributed by atoms with Crippen LogP contribution in [0.25, 0.3) is 66.1 Å². The van der Waals surface area contributed by atoms with Crippen LogP contribution in [0.4, 0.5) is 11.4 Å². The molecule has 62 heavy (non-hydrogen) atoms. The summed E-state index contributed by atoms with van der Waals surface area (Å²) in [6, 6.07) is 66.6. The Kier molecular flexibility index (Phi) is 7.94. The van der Waals surface area contributed by atoms with Crippen LogP contribution in [-0.4, -0.2) is 5.54 Å². The topological polar surface area (TPSA) is 16.4 Å². The van der Waals surface area contributed by atoms with Gasteiger partial charge in [-0.05, 0) is 124 Å². The van der Waals surface area contributed by atoms with Crippen LogP contribution in [0.15, 0.2) is 222 Å². The number of hydrogen-bond donors (Lipinski definition) is 0. The molecule has 0 saturated heterocycles. The molecule has 0 fully saturated rings. The lowest BCUT2D eigenvalue weighted by Gasteiger charge is -2.59. The van der Waals surface area contributed by atoms with Gasteiger partial charge in [0.25, 0.3) is 0 Å². The molecule has 0 amide bonds. The molecule has 0 spiro atoms. The highest BCUT2D eigenvalue weighted by atomic mass is 16.3. The zero-order valence-electron chi connectivity index (χ0n) is 35.6. The number of rotatable bonds is 5. The predicted octanol–water partition coefficient (Wildman–Crippen LogP) is 15.9. The molecule has 9 aromatic rings. The Bertz CT molecular complexity index is 3350. The molecule has 1 aromatic heterocycles. The summed E-state index contributed by atoms with van der Waals surface area (Å²) in [6.07, 6.45) is 9.97. The number of fused-ring (bicyclic) bond motifs is 6. The monoisotopic (exact) mass is 797 g/mol. The number of hydrogen-bond acceptors (Lipinski definition) is 2. The second kappa shape index (κ2) is 13.4. The fourth-order valence-corrected chi connectivity index (χ4v) is 11.6. The summed E-state index contributed by atoms with van der Waals surface area (Å²) in [5.41, 5.74) is 15.9. The molecule has 2 heterocycles. The number of furan rings is 1. The van der Waals surface area contributed by atoms with E-state index in [1.807, 2.05) is 0 Å². The third-order valence-electron chi connectivity index (χ3n) is 14.6. The van der Waals surface area contributed by atoms with Gasteiger partial charge in [-0.3, -0.25) is 0 Å². The second-order valence-electron chi connectivity index (χ2n) is 18.2. The van der Waals surface area contributed by atoms with Crippen LogP contribution >= 0.6 is 0 Å². The first-order valence-corrected chi connectivity index (χ1v) is 22.0. The predicted molar refractivity (Wildman–Crippen MR) is 260 cm³/mol. The fraction of sp³-hybridized carbons (Fsp3) is 0.133. The molecule has 3 aliphatic rings. The first-order chi connectivity index (χ1) is 30.2. The molecule has 12 rings (SSSR count). The van der Waals surface area contributed by atoms with Gasteiger partial charge >= 0.3 is 0 Å². The van der Waals surface area contributed by atoms with Crippen LogP contribution in [0.3, 0.4) is 0 Å². The Labute approximate surface area is 363 Å². The number of nitrogens with zero attached hydrogens (tertiary/aromatic N) is 1. The molecule has 2 heteroatoms. The first kappa shape index (κ1) is 36.7. The van der Waals surface area contributed by atoms with E-state index in [1.165, 1.54) is 49.9 Å². The average molecular weight is 798 g/mol. The maximum atomic E-state index is 6.75. The van der Waals surface area contributed by atoms with Gasteiger partial charge in [0.1, 0.15) is 11.2 Å². The summed E-state index contributed by atoms with van der Waals surface area (Å²) < 4.78 is 6.75. The van der Waals surface area contributed by atoms with Crippen LogP contribution in [0.2, 0.25) is 0 Å². The molecule has 2 aliphatic carbocycles. The molecule has 4 unspecified atom stereocenters. The quantitative estimate of drug-likeness (QED) is 0.161. The molecule has 2 nitrogen and oxygen atoms in total. The van der Waals surface area contributed by atoms with E-state index in [2.05, 4.69) is 239 Å². The number of para-hydroxylation sites is 2. The molecular weight excluding hydrogens is 751 g/mol. The van der Waals surface area contributed by atoms with E-state index in [9.17, 15) is 0 Å². The van der Waals surface area contributed by atoms with Gasteiger partial charge in [0.15, 0.2) is 0 Å². The van der Waals surface area contributed by atoms with E-state index in [0.29, 0.717) is 0 Å². The Morgan fingerprint density at radius 2 is 1.19 bits per heavy atom. The van der Waals surface area contributed by atoms with Crippen molar-refractivity contribution in [3.63, 3.8) is 0 Å². The van der Waals surface area contributed by atoms with Crippen LogP contribution in [0, 0.1) is 5.92 Å². The van der Waals surface area contributed by atoms with Crippen LogP contribution in [0.5, 0.6) is 0 Å². The zero-order chi connectivity index (χ0) is 41.8. The van der Waals surface area contributed by atoms with Crippen molar-refractivity contribution >= 4 is 44.1 Å². The largest absolute Gasteiger partial charge is 0.455 e. The van der Waals surface area contributed by atoms with E-state index in [4.69, 9.17) is 4.42 Å². The van der Waals surface area contributed by atoms with Crippen molar-refractivity contribution in [3.05, 3.63) is 229 Å². The Balaban J connectivity index is 1.01. The summed E-state index contributed by atoms with van der Waals surface area (Å²) in [4.78, 5) is 2.61. The van der Waals surface area contributed by atoms with Crippen LogP contribution in [-0.2, 0) is 10.8 Å². The van der Waals surface area contributed by atoms with Gasteiger partial charge in [-0.1, -0.05) is 177 Å². The minimum Gasteiger partial charge on any atom is -0.455 e. The summed E-state index contributed by atoms with van der Waals surface area (Å²) >= 11 is 0. The van der Waals surface area contributed by atoms with Crippen molar-refractivity contribution < 1.29 is 4.42 Å². The third-order valence-corrected chi connectivity index (χ3v) is 14.6. The lowest BCUT2D eigenvalue weighted by Crippen LogP contribution is -2.58. The van der Waals surface area contributed by atoms with Crippen molar-refractivity contribution in [3.8, 4) is 33.4 Å². The molecular formula is C60H47NO. The summed E-state index contributed by atoms with van der Waals surface area (Å²) in [6.45, 7) is 9.71. The highest BCUT2D eigenvalue weighted by molar-refractivity contribution is 6.13.